The molecular weight excluding hydrogens is 512 g/mol. The van der Waals surface area contributed by atoms with Crippen molar-refractivity contribution in [3.8, 4) is 18.2 Å². The van der Waals surface area contributed by atoms with Crippen LogP contribution in [0.4, 0.5) is 17.6 Å². The molecule has 0 fully saturated rings. The van der Waals surface area contributed by atoms with E-state index in [-0.39, 0.29) is 5.57 Å². The molecule has 0 amide bonds. The Labute approximate surface area is 234 Å². The van der Waals surface area contributed by atoms with Gasteiger partial charge < -0.3 is 0 Å². The van der Waals surface area contributed by atoms with Crippen LogP contribution in [0.5, 0.6) is 0 Å². The summed E-state index contributed by atoms with van der Waals surface area (Å²) in [6.45, 7) is 7.16. The molecule has 0 radical (unpaired) electrons. The number of nitrogens with zero attached hydrogens (tertiary/aromatic N) is 10. The molecule has 0 saturated heterocycles. The third kappa shape index (κ3) is 4.28. The first-order valence-corrected chi connectivity index (χ1v) is 12.7. The first-order valence-electron chi connectivity index (χ1n) is 12.7. The van der Waals surface area contributed by atoms with Gasteiger partial charge in [-0.3, -0.25) is 0 Å². The number of benzene rings is 4. The number of aromatic nitrogens is 6. The van der Waals surface area contributed by atoms with Crippen molar-refractivity contribution in [3.63, 3.8) is 0 Å². The van der Waals surface area contributed by atoms with E-state index in [4.69, 9.17) is 0 Å². The van der Waals surface area contributed by atoms with Gasteiger partial charge in [0, 0.05) is 10.8 Å². The molecule has 0 aliphatic rings. The molecule has 6 rings (SSSR count). The van der Waals surface area contributed by atoms with E-state index in [1.807, 2.05) is 54.6 Å². The first kappa shape index (κ1) is 25.2. The SMILES string of the molecule is Cc1nc(C)nc(N(c2nc(C)nc(C)n2)c2cc(C=C(C#N)C#N)c3ccc4cc(C#N)cc5ccc2c3c45)n1. The fraction of sp³-hybridized carbons (Fsp3) is 0.129. The third-order valence-corrected chi connectivity index (χ3v) is 6.73. The summed E-state index contributed by atoms with van der Waals surface area (Å²) in [5.41, 5.74) is 1.82. The highest BCUT2D eigenvalue weighted by molar-refractivity contribution is 6.27. The number of allylic oxidation sites excluding steroid dienone is 1. The summed E-state index contributed by atoms with van der Waals surface area (Å²) in [6.07, 6.45) is 1.57. The first-order chi connectivity index (χ1) is 19.8. The third-order valence-electron chi connectivity index (χ3n) is 6.73. The Kier molecular flexibility index (Phi) is 5.91. The van der Waals surface area contributed by atoms with Gasteiger partial charge in [-0.25, -0.2) is 14.9 Å². The molecular formula is C31H20N10. The molecule has 2 heterocycles. The fourth-order valence-corrected chi connectivity index (χ4v) is 5.24. The zero-order valence-electron chi connectivity index (χ0n) is 22.6. The average Bonchev–Trinajstić information content (AvgIpc) is 2.94. The van der Waals surface area contributed by atoms with Gasteiger partial charge in [0.25, 0.3) is 0 Å². The van der Waals surface area contributed by atoms with Crippen molar-refractivity contribution >= 4 is 56.0 Å². The highest BCUT2D eigenvalue weighted by Gasteiger charge is 2.25. The second-order valence-electron chi connectivity index (χ2n) is 9.57. The highest BCUT2D eigenvalue weighted by atomic mass is 15.4. The smallest absolute Gasteiger partial charge is 0.240 e. The van der Waals surface area contributed by atoms with Crippen LogP contribution in [0.2, 0.25) is 0 Å². The maximum Gasteiger partial charge on any atom is 0.240 e. The Hall–Kier alpha value is -6.05. The molecule has 0 atom stereocenters. The molecule has 0 unspecified atom stereocenters. The number of anilines is 3. The van der Waals surface area contributed by atoms with Crippen LogP contribution in [0.3, 0.4) is 0 Å². The summed E-state index contributed by atoms with van der Waals surface area (Å²) >= 11 is 0. The molecule has 194 valence electrons. The lowest BCUT2D eigenvalue weighted by Gasteiger charge is -2.25. The number of nitriles is 3. The second kappa shape index (κ2) is 9.60. The van der Waals surface area contributed by atoms with E-state index in [0.717, 1.165) is 32.3 Å². The van der Waals surface area contributed by atoms with Crippen LogP contribution in [-0.2, 0) is 0 Å². The standard InChI is InChI=1S/C31H20N10/c1-16-35-17(2)38-30(37-16)41(31-39-18(3)36-19(4)40-31)27-12-24(11-21(14-33)15-34)25-7-5-22-9-20(13-32)10-23-6-8-26(27)29(25)28(22)23/h5-12H,1-4H3. The molecule has 10 nitrogen and oxygen atoms in total. The van der Waals surface area contributed by atoms with Gasteiger partial charge in [0.2, 0.25) is 11.9 Å². The predicted molar refractivity (Wildman–Crippen MR) is 154 cm³/mol. The minimum atomic E-state index is -0.0389. The Bertz CT molecular complexity index is 2070. The van der Waals surface area contributed by atoms with E-state index in [0.29, 0.717) is 52.0 Å². The van der Waals surface area contributed by atoms with E-state index in [9.17, 15) is 15.8 Å². The lowest BCUT2D eigenvalue weighted by molar-refractivity contribution is 0.866. The van der Waals surface area contributed by atoms with Crippen molar-refractivity contribution in [1.29, 1.82) is 15.8 Å². The van der Waals surface area contributed by atoms with Crippen LogP contribution in [0.1, 0.15) is 34.4 Å². The van der Waals surface area contributed by atoms with Crippen molar-refractivity contribution in [1.82, 2.24) is 29.9 Å². The summed E-state index contributed by atoms with van der Waals surface area (Å²) in [7, 11) is 0. The molecule has 4 aromatic carbocycles. The Morgan fingerprint density at radius 3 is 1.66 bits per heavy atom. The lowest BCUT2D eigenvalue weighted by atomic mass is 9.89. The molecule has 2 aromatic heterocycles. The highest BCUT2D eigenvalue weighted by Crippen LogP contribution is 2.44. The van der Waals surface area contributed by atoms with E-state index >= 15 is 0 Å². The van der Waals surface area contributed by atoms with Gasteiger partial charge in [-0.05, 0) is 79.1 Å². The lowest BCUT2D eigenvalue weighted by Crippen LogP contribution is -2.19. The van der Waals surface area contributed by atoms with Gasteiger partial charge in [-0.15, -0.1) is 0 Å². The van der Waals surface area contributed by atoms with Gasteiger partial charge in [0.1, 0.15) is 41.0 Å². The van der Waals surface area contributed by atoms with Gasteiger partial charge >= 0.3 is 0 Å². The minimum absolute atomic E-state index is 0.0389. The summed E-state index contributed by atoms with van der Waals surface area (Å²) in [5, 5.41) is 34.2. The number of aryl methyl sites for hydroxylation is 4. The van der Waals surface area contributed by atoms with Crippen LogP contribution in [0, 0.1) is 61.7 Å². The summed E-state index contributed by atoms with van der Waals surface area (Å²) < 4.78 is 0. The van der Waals surface area contributed by atoms with E-state index in [1.54, 1.807) is 38.7 Å². The monoisotopic (exact) mass is 532 g/mol. The maximum atomic E-state index is 9.61. The quantitative estimate of drug-likeness (QED) is 0.196. The van der Waals surface area contributed by atoms with E-state index < -0.39 is 0 Å². The van der Waals surface area contributed by atoms with Crippen molar-refractivity contribution in [3.05, 3.63) is 82.5 Å². The normalized spacial score (nSPS) is 10.9. The number of rotatable bonds is 4. The van der Waals surface area contributed by atoms with Gasteiger partial charge in [0.05, 0.1) is 17.3 Å². The number of hydrogen-bond donors (Lipinski definition) is 0. The molecule has 0 spiro atoms. The number of hydrogen-bond acceptors (Lipinski definition) is 10. The zero-order valence-corrected chi connectivity index (χ0v) is 22.6. The van der Waals surface area contributed by atoms with Crippen LogP contribution in [0.15, 0.2) is 48.0 Å². The van der Waals surface area contributed by atoms with Crippen LogP contribution in [-0.4, -0.2) is 29.9 Å². The Morgan fingerprint density at radius 1 is 0.659 bits per heavy atom. The largest absolute Gasteiger partial charge is 0.246 e. The Morgan fingerprint density at radius 2 is 1.17 bits per heavy atom. The van der Waals surface area contributed by atoms with Crippen LogP contribution < -0.4 is 4.90 Å². The van der Waals surface area contributed by atoms with E-state index in [1.165, 1.54) is 0 Å². The second-order valence-corrected chi connectivity index (χ2v) is 9.57. The molecule has 0 N–H and O–H groups in total. The van der Waals surface area contributed by atoms with Crippen molar-refractivity contribution < 1.29 is 0 Å². The minimum Gasteiger partial charge on any atom is -0.246 e. The van der Waals surface area contributed by atoms with Gasteiger partial charge in [0.15, 0.2) is 0 Å². The molecule has 0 aliphatic heterocycles. The van der Waals surface area contributed by atoms with Crippen molar-refractivity contribution in [2.24, 2.45) is 0 Å². The Balaban J connectivity index is 1.82. The summed E-state index contributed by atoms with van der Waals surface area (Å²) in [5.74, 6) is 2.74. The molecule has 6 aromatic rings. The molecule has 41 heavy (non-hydrogen) atoms. The molecule has 0 saturated carbocycles. The molecule has 10 heteroatoms. The fourth-order valence-electron chi connectivity index (χ4n) is 5.24. The van der Waals surface area contributed by atoms with Crippen LogP contribution >= 0.6 is 0 Å². The van der Waals surface area contributed by atoms with Crippen molar-refractivity contribution in [2.75, 3.05) is 4.90 Å². The van der Waals surface area contributed by atoms with Gasteiger partial charge in [-0.2, -0.15) is 35.7 Å². The maximum absolute atomic E-state index is 9.61. The predicted octanol–water partition coefficient (Wildman–Crippen LogP) is 5.96. The molecule has 0 aliphatic carbocycles. The zero-order chi connectivity index (χ0) is 28.8. The van der Waals surface area contributed by atoms with Crippen LogP contribution in [0.25, 0.3) is 38.4 Å². The van der Waals surface area contributed by atoms with E-state index in [2.05, 4.69) is 36.0 Å². The average molecular weight is 533 g/mol. The molecule has 0 bridgehead atoms. The summed E-state index contributed by atoms with van der Waals surface area (Å²) in [6, 6.07) is 19.6. The summed E-state index contributed by atoms with van der Waals surface area (Å²) in [4.78, 5) is 29.1. The van der Waals surface area contributed by atoms with Crippen molar-refractivity contribution in [2.45, 2.75) is 27.7 Å². The van der Waals surface area contributed by atoms with Gasteiger partial charge in [-0.1, -0.05) is 24.3 Å². The topological polar surface area (TPSA) is 152 Å².